The number of nitrogens with one attached hydrogen (secondary N) is 7. The number of aliphatic hydroxyl groups is 2. The Hall–Kier alpha value is -6.92. The molecule has 0 aliphatic carbocycles. The summed E-state index contributed by atoms with van der Waals surface area (Å²) >= 11 is 0. The Kier molecular flexibility index (Phi) is 21.7. The number of hydrazine groups is 1. The van der Waals surface area contributed by atoms with Crippen LogP contribution in [0.4, 0.5) is 0 Å². The van der Waals surface area contributed by atoms with Crippen molar-refractivity contribution >= 4 is 47.3 Å². The number of amides is 7. The van der Waals surface area contributed by atoms with Crippen LogP contribution in [0.3, 0.4) is 0 Å². The molecule has 0 unspecified atom stereocenters. The van der Waals surface area contributed by atoms with E-state index in [-0.39, 0.29) is 25.0 Å². The Balaban J connectivity index is 2.14. The van der Waals surface area contributed by atoms with E-state index in [1.807, 2.05) is 5.43 Å². The fourth-order valence-electron chi connectivity index (χ4n) is 5.71. The molecule has 7 amide bonds. The lowest BCUT2D eigenvalue weighted by Gasteiger charge is -2.26. The van der Waals surface area contributed by atoms with Crippen LogP contribution in [0.25, 0.3) is 0 Å². The third-order valence-electron chi connectivity index (χ3n) is 9.13. The number of carbonyl (C=O) groups is 8. The molecule has 0 aliphatic rings. The van der Waals surface area contributed by atoms with E-state index in [1.54, 1.807) is 30.3 Å². The van der Waals surface area contributed by atoms with E-state index >= 15 is 0 Å². The molecule has 0 aromatic heterocycles. The predicted molar refractivity (Wildman–Crippen MR) is 216 cm³/mol. The highest BCUT2D eigenvalue weighted by atomic mass is 16.7. The molecule has 0 saturated heterocycles. The molecule has 340 valence electrons. The van der Waals surface area contributed by atoms with Gasteiger partial charge in [-0.25, -0.2) is 14.9 Å². The number of nitrogens with zero attached hydrogens (tertiary/aromatic N) is 1. The van der Waals surface area contributed by atoms with Crippen molar-refractivity contribution in [1.29, 1.82) is 0 Å². The van der Waals surface area contributed by atoms with Crippen molar-refractivity contribution in [2.45, 2.75) is 94.2 Å². The third kappa shape index (κ3) is 18.1. The van der Waals surface area contributed by atoms with Gasteiger partial charge >= 0.3 is 5.97 Å². The molecule has 7 atom stereocenters. The first-order valence-corrected chi connectivity index (χ1v) is 19.4. The molecular weight excluding hydrogens is 820 g/mol. The third-order valence-corrected chi connectivity index (χ3v) is 9.13. The van der Waals surface area contributed by atoms with Gasteiger partial charge in [-0.2, -0.15) is 0 Å². The highest BCUT2D eigenvalue weighted by Crippen LogP contribution is 2.12. The van der Waals surface area contributed by atoms with Crippen LogP contribution in [0.5, 0.6) is 5.75 Å². The average Bonchev–Trinajstić information content (AvgIpc) is 3.22. The van der Waals surface area contributed by atoms with Crippen molar-refractivity contribution in [1.82, 2.24) is 37.3 Å². The number of phenols is 1. The maximum absolute atomic E-state index is 13.3. The zero-order valence-corrected chi connectivity index (χ0v) is 33.8. The number of unbranched alkanes of at least 4 members (excludes halogenated alkanes) is 1. The first-order valence-electron chi connectivity index (χ1n) is 19.4. The lowest BCUT2D eigenvalue weighted by atomic mass is 10.0. The van der Waals surface area contributed by atoms with Crippen LogP contribution >= 0.6 is 0 Å². The van der Waals surface area contributed by atoms with Gasteiger partial charge in [0, 0.05) is 19.3 Å². The van der Waals surface area contributed by atoms with Crippen LogP contribution in [0, 0.1) is 10.1 Å². The first kappa shape index (κ1) is 51.2. The van der Waals surface area contributed by atoms with Crippen molar-refractivity contribution in [2.75, 3.05) is 19.8 Å². The Morgan fingerprint density at radius 3 is 1.65 bits per heavy atom. The fraction of sp³-hybridized carbons (Fsp3) is 0.474. The van der Waals surface area contributed by atoms with E-state index in [2.05, 4.69) is 31.9 Å². The van der Waals surface area contributed by atoms with Crippen LogP contribution in [-0.2, 0) is 51.2 Å². The van der Waals surface area contributed by atoms with Gasteiger partial charge in [0.2, 0.25) is 41.4 Å². The molecular formula is C38H54N10O14. The van der Waals surface area contributed by atoms with Crippen molar-refractivity contribution in [3.8, 4) is 5.75 Å². The Morgan fingerprint density at radius 1 is 0.629 bits per heavy atom. The predicted octanol–water partition coefficient (Wildman–Crippen LogP) is -4.28. The van der Waals surface area contributed by atoms with Crippen LogP contribution < -0.4 is 48.8 Å². The summed E-state index contributed by atoms with van der Waals surface area (Å²) in [6.07, 6.45) is -0.339. The maximum Gasteiger partial charge on any atom is 0.326 e. The number of hydrogen-bond donors (Lipinski definition) is 13. The molecule has 24 nitrogen and oxygen atoms in total. The number of nitro groups is 1. The molecule has 0 spiro atoms. The molecule has 2 aromatic rings. The van der Waals surface area contributed by atoms with Gasteiger partial charge in [0.05, 0.1) is 13.2 Å². The van der Waals surface area contributed by atoms with Crippen molar-refractivity contribution in [2.24, 2.45) is 11.5 Å². The van der Waals surface area contributed by atoms with E-state index < -0.39 is 121 Å². The van der Waals surface area contributed by atoms with Gasteiger partial charge in [0.25, 0.3) is 0 Å². The zero-order valence-electron chi connectivity index (χ0n) is 33.8. The largest absolute Gasteiger partial charge is 0.508 e. The second-order valence-electron chi connectivity index (χ2n) is 14.0. The molecule has 0 radical (unpaired) electrons. The Morgan fingerprint density at radius 2 is 1.10 bits per heavy atom. The van der Waals surface area contributed by atoms with Crippen molar-refractivity contribution in [3.63, 3.8) is 0 Å². The smallest absolute Gasteiger partial charge is 0.326 e. The van der Waals surface area contributed by atoms with Crippen LogP contribution in [0.2, 0.25) is 0 Å². The number of aromatic hydroxyl groups is 1. The molecule has 24 heteroatoms. The summed E-state index contributed by atoms with van der Waals surface area (Å²) in [7, 11) is 0. The fourth-order valence-corrected chi connectivity index (χ4v) is 5.71. The number of nitrogens with two attached hydrogens (primary N) is 2. The minimum atomic E-state index is -1.78. The molecule has 0 fully saturated rings. The summed E-state index contributed by atoms with van der Waals surface area (Å²) in [6.45, 7) is -0.582. The molecule has 15 N–H and O–H groups in total. The topological polar surface area (TPSA) is 397 Å². The molecule has 0 heterocycles. The number of phenolic OH excluding ortho intramolecular Hbond substituents is 1. The van der Waals surface area contributed by atoms with Crippen LogP contribution in [0.15, 0.2) is 54.6 Å². The number of carbonyl (C=O) groups excluding carboxylic acids is 7. The summed E-state index contributed by atoms with van der Waals surface area (Å²) in [5.74, 6) is -8.61. The number of rotatable bonds is 28. The number of aliphatic hydroxyl groups excluding tert-OH is 2. The molecule has 2 rings (SSSR count). The number of carboxylic acid groups (broad SMARTS) is 1. The van der Waals surface area contributed by atoms with Gasteiger partial charge in [0.1, 0.15) is 42.0 Å². The molecule has 0 aliphatic heterocycles. The number of benzene rings is 2. The van der Waals surface area contributed by atoms with E-state index in [9.17, 15) is 68.9 Å². The quantitative estimate of drug-likeness (QED) is 0.0219. The highest BCUT2D eigenvalue weighted by Gasteiger charge is 2.33. The van der Waals surface area contributed by atoms with Crippen molar-refractivity contribution < 1.29 is 63.8 Å². The van der Waals surface area contributed by atoms with E-state index in [0.29, 0.717) is 30.5 Å². The standard InChI is InChI=1S/C38H54N10O14/c1-21(32(53)45-30(20-50)37(58)44-27(17-22-7-3-2-4-8-22)34(55)43-26(38(59)60)9-5-6-16-39)41-36(57)29(19-49)46-33(54)25(14-15-31(40)52)42-35(56)28(47-48(61)62)18-23-10-12-24(51)13-11-23/h2-4,7-8,10-13,21,25-30,47,49-51H,5-6,9,14-20,39H2,1H3,(H2,40,52)(H,41,57)(H,42,56)(H,43,55)(H,44,58)(H,45,53)(H,46,54)(H,59,60)/t21-,25-,26-,27-,28-,29-,30-/m0/s1. The summed E-state index contributed by atoms with van der Waals surface area (Å²) in [5, 5.41) is 63.2. The van der Waals surface area contributed by atoms with E-state index in [0.717, 1.165) is 6.92 Å². The normalized spacial score (nSPS) is 14.2. The van der Waals surface area contributed by atoms with Crippen LogP contribution in [0.1, 0.15) is 50.2 Å². The maximum atomic E-state index is 13.3. The molecule has 0 bridgehead atoms. The van der Waals surface area contributed by atoms with Gasteiger partial charge in [-0.15, -0.1) is 5.43 Å². The minimum absolute atomic E-state index is 0.0591. The van der Waals surface area contributed by atoms with Gasteiger partial charge in [0.15, 0.2) is 11.1 Å². The summed E-state index contributed by atoms with van der Waals surface area (Å²) in [4.78, 5) is 114. The average molecular weight is 875 g/mol. The second-order valence-corrected chi connectivity index (χ2v) is 14.0. The number of carboxylic acids is 1. The number of hydrogen-bond acceptors (Lipinski definition) is 14. The lowest BCUT2D eigenvalue weighted by molar-refractivity contribution is -0.548. The lowest BCUT2D eigenvalue weighted by Crippen LogP contribution is -2.60. The Labute approximate surface area is 355 Å². The summed E-state index contributed by atoms with van der Waals surface area (Å²) in [6, 6.07) is 2.89. The minimum Gasteiger partial charge on any atom is -0.508 e. The molecule has 0 saturated carbocycles. The second kappa shape index (κ2) is 26.3. The SMILES string of the molecule is C[C@H](NC(=O)[C@H](CO)NC(=O)[C@H](CCC(N)=O)NC(=O)[C@H](Cc1ccc(O)cc1)N[N+](=O)[O-])C(=O)N[C@@H](CO)C(=O)N[C@@H](Cc1ccccc1)C(=O)N[C@@H](CCCCN)C(=O)O. The summed E-state index contributed by atoms with van der Waals surface area (Å²) in [5.41, 5.74) is 13.5. The van der Waals surface area contributed by atoms with Gasteiger partial charge in [-0.05, 0) is 62.4 Å². The highest BCUT2D eigenvalue weighted by molar-refractivity contribution is 5.97. The Bertz CT molecular complexity index is 1850. The van der Waals surface area contributed by atoms with Crippen LogP contribution in [-0.4, -0.2) is 135 Å². The van der Waals surface area contributed by atoms with Gasteiger partial charge in [-0.1, -0.05) is 42.5 Å². The monoisotopic (exact) mass is 874 g/mol. The zero-order chi connectivity index (χ0) is 46.4. The first-order chi connectivity index (χ1) is 29.4. The summed E-state index contributed by atoms with van der Waals surface area (Å²) < 4.78 is 0. The number of primary amides is 1. The van der Waals surface area contributed by atoms with E-state index in [4.69, 9.17) is 11.5 Å². The van der Waals surface area contributed by atoms with Crippen molar-refractivity contribution in [3.05, 3.63) is 75.8 Å². The number of aliphatic carboxylic acids is 1. The van der Waals surface area contributed by atoms with Gasteiger partial charge < -0.3 is 63.8 Å². The molecule has 2 aromatic carbocycles. The van der Waals surface area contributed by atoms with Gasteiger partial charge in [-0.3, -0.25) is 33.6 Å². The molecule has 62 heavy (non-hydrogen) atoms. The van der Waals surface area contributed by atoms with E-state index in [1.165, 1.54) is 24.3 Å².